The van der Waals surface area contributed by atoms with Gasteiger partial charge in [-0.2, -0.15) is 15.3 Å². The topological polar surface area (TPSA) is 131 Å². The van der Waals surface area contributed by atoms with E-state index in [0.717, 1.165) is 16.3 Å². The number of carbonyl (C=O) groups is 1. The Labute approximate surface area is 244 Å². The van der Waals surface area contributed by atoms with Crippen LogP contribution in [0.25, 0.3) is 0 Å². The van der Waals surface area contributed by atoms with Crippen molar-refractivity contribution in [1.82, 2.24) is 10.4 Å². The number of thiophene rings is 1. The molecule has 2 aromatic heterocycles. The van der Waals surface area contributed by atoms with E-state index in [1.807, 2.05) is 107 Å². The minimum atomic E-state index is -0.647. The van der Waals surface area contributed by atoms with E-state index in [1.165, 1.54) is 0 Å². The van der Waals surface area contributed by atoms with Crippen molar-refractivity contribution in [2.45, 2.75) is 13.8 Å². The Balaban J connectivity index is 0.000000486. The van der Waals surface area contributed by atoms with Crippen LogP contribution in [0, 0.1) is 64.2 Å². The second kappa shape index (κ2) is 22.2. The molecule has 2 aliphatic rings. The summed E-state index contributed by atoms with van der Waals surface area (Å²) in [6.45, 7) is 3.60. The monoisotopic (exact) mass is 596 g/mol. The van der Waals surface area contributed by atoms with Gasteiger partial charge in [-0.15, -0.1) is 11.3 Å². The van der Waals surface area contributed by atoms with Crippen LogP contribution in [0.4, 0.5) is 4.79 Å². The number of primary amides is 1. The molecule has 2 amide bonds. The molecule has 0 atom stereocenters. The maximum Gasteiger partial charge on any atom is 3.00 e. The number of rotatable bonds is 4. The summed E-state index contributed by atoms with van der Waals surface area (Å²) in [6, 6.07) is 8.75. The molecular formula is C25H28N7OS2Zr+2. The number of nitrogens with one attached hydrogen (secondary N) is 1. The van der Waals surface area contributed by atoms with E-state index in [9.17, 15) is 4.79 Å². The van der Waals surface area contributed by atoms with E-state index in [2.05, 4.69) is 38.3 Å². The van der Waals surface area contributed by atoms with E-state index in [4.69, 9.17) is 11.5 Å². The van der Waals surface area contributed by atoms with Crippen LogP contribution in [0.3, 0.4) is 0 Å². The molecule has 0 bridgehead atoms. The van der Waals surface area contributed by atoms with Crippen LogP contribution in [0.1, 0.15) is 24.4 Å². The van der Waals surface area contributed by atoms with E-state index >= 15 is 0 Å². The summed E-state index contributed by atoms with van der Waals surface area (Å²) < 4.78 is 0. The standard InChI is InChI=1S/C8H10N4S.C7H9N3OS.2C5H5.Zr/c1-6(11-12-8(9)13)7-4-2-3-5-10-7;1-5(9-10-7(8)11)6-3-2-4-12-6;2*1-2-4-5-3-1;/h2-5H,1H3,(H3,9,12,13);2-4H,1H3,(H3,8,10,11);2*1-5H;/q;;;;+3/p-1/b11-6+;9-5+;;;. The summed E-state index contributed by atoms with van der Waals surface area (Å²) in [6.07, 6.45) is 21.7. The molecule has 2 aliphatic carbocycles. The molecule has 8 nitrogen and oxygen atoms in total. The van der Waals surface area contributed by atoms with Crippen molar-refractivity contribution in [2.24, 2.45) is 26.8 Å². The zero-order chi connectivity index (χ0) is 25.7. The van der Waals surface area contributed by atoms with E-state index in [0.29, 0.717) is 5.71 Å². The van der Waals surface area contributed by atoms with E-state index in [1.54, 1.807) is 24.5 Å². The number of hydrogen-bond acceptors (Lipinski definition) is 7. The van der Waals surface area contributed by atoms with Crippen molar-refractivity contribution in [2.75, 3.05) is 0 Å². The second-order valence-electron chi connectivity index (χ2n) is 6.41. The van der Waals surface area contributed by atoms with Crippen LogP contribution in [-0.4, -0.2) is 27.6 Å². The molecule has 0 unspecified atom stereocenters. The number of hydrazone groups is 1. The van der Waals surface area contributed by atoms with Crippen LogP contribution >= 0.6 is 11.3 Å². The van der Waals surface area contributed by atoms with Gasteiger partial charge in [-0.3, -0.25) is 4.98 Å². The SMILES string of the molecule is C/C(=N\N=C(\N)[S-])c1ccccn1.C/C(=N\NC(N)=O)c1cccs1.[CH]1[CH][CH][CH][CH]1.[CH]1[CH][CH][CH][CH]1.[Zr+3]. The number of urea groups is 1. The maximum absolute atomic E-state index is 10.3. The van der Waals surface area contributed by atoms with Gasteiger partial charge >= 0.3 is 32.2 Å². The second-order valence-corrected chi connectivity index (χ2v) is 7.78. The molecule has 11 heteroatoms. The Kier molecular flexibility index (Phi) is 21.0. The van der Waals surface area contributed by atoms with Crippen LogP contribution in [0.2, 0.25) is 0 Å². The number of pyridine rings is 1. The van der Waals surface area contributed by atoms with Gasteiger partial charge in [0, 0.05) is 11.1 Å². The predicted molar refractivity (Wildman–Crippen MR) is 148 cm³/mol. The summed E-state index contributed by atoms with van der Waals surface area (Å²) in [5.74, 6) is 0. The van der Waals surface area contributed by atoms with Crippen LogP contribution in [-0.2, 0) is 38.8 Å². The van der Waals surface area contributed by atoms with Crippen molar-refractivity contribution >= 4 is 46.6 Å². The van der Waals surface area contributed by atoms with Crippen molar-refractivity contribution < 1.29 is 31.0 Å². The number of aromatic nitrogens is 1. The van der Waals surface area contributed by atoms with Gasteiger partial charge in [0.1, 0.15) is 0 Å². The molecule has 2 fully saturated rings. The molecule has 0 saturated heterocycles. The fourth-order valence-electron chi connectivity index (χ4n) is 2.07. The van der Waals surface area contributed by atoms with Gasteiger partial charge in [-0.05, 0) is 107 Å². The molecule has 11 radical (unpaired) electrons. The Bertz CT molecular complexity index is 883. The minimum absolute atomic E-state index is 0. The van der Waals surface area contributed by atoms with Gasteiger partial charge in [0.15, 0.2) is 0 Å². The number of amidine groups is 1. The smallest absolute Gasteiger partial charge is 0.741 e. The van der Waals surface area contributed by atoms with Crippen LogP contribution < -0.4 is 16.9 Å². The molecule has 183 valence electrons. The van der Waals surface area contributed by atoms with Gasteiger partial charge in [0.05, 0.1) is 17.1 Å². The Hall–Kier alpha value is -1.97. The Morgan fingerprint density at radius 1 is 0.861 bits per heavy atom. The predicted octanol–water partition coefficient (Wildman–Crippen LogP) is 3.85. The van der Waals surface area contributed by atoms with Gasteiger partial charge in [0.2, 0.25) is 0 Å². The van der Waals surface area contributed by atoms with Gasteiger partial charge in [-0.1, -0.05) is 12.1 Å². The van der Waals surface area contributed by atoms with E-state index < -0.39 is 6.03 Å². The van der Waals surface area contributed by atoms with Crippen molar-refractivity contribution in [3.05, 3.63) is 117 Å². The quantitative estimate of drug-likeness (QED) is 0.214. The largest absolute Gasteiger partial charge is 3.00 e. The minimum Gasteiger partial charge on any atom is -0.741 e. The molecule has 0 spiro atoms. The number of nitrogens with zero attached hydrogens (tertiary/aromatic N) is 4. The molecule has 36 heavy (non-hydrogen) atoms. The molecule has 2 heterocycles. The molecule has 0 aliphatic heterocycles. The van der Waals surface area contributed by atoms with Crippen molar-refractivity contribution in [1.29, 1.82) is 0 Å². The number of nitrogens with two attached hydrogens (primary N) is 2. The van der Waals surface area contributed by atoms with Crippen LogP contribution in [0.15, 0.2) is 57.2 Å². The van der Waals surface area contributed by atoms with Crippen LogP contribution in [0.5, 0.6) is 0 Å². The average Bonchev–Trinajstić information content (AvgIpc) is 3.67. The summed E-state index contributed by atoms with van der Waals surface area (Å²) >= 11 is 6.11. The number of hydrogen-bond donors (Lipinski definition) is 3. The van der Waals surface area contributed by atoms with Gasteiger partial charge in [0.25, 0.3) is 0 Å². The Morgan fingerprint density at radius 2 is 1.42 bits per heavy atom. The average molecular weight is 598 g/mol. The zero-order valence-electron chi connectivity index (χ0n) is 20.0. The third-order valence-corrected chi connectivity index (χ3v) is 4.72. The summed E-state index contributed by atoms with van der Waals surface area (Å²) in [7, 11) is 0. The van der Waals surface area contributed by atoms with E-state index in [-0.39, 0.29) is 31.4 Å². The zero-order valence-corrected chi connectivity index (χ0v) is 24.1. The molecule has 2 aromatic rings. The molecule has 4 rings (SSSR count). The summed E-state index contributed by atoms with van der Waals surface area (Å²) in [5.41, 5.74) is 14.4. The fraction of sp³-hybridized carbons (Fsp3) is 0.0800. The maximum atomic E-state index is 10.3. The third-order valence-electron chi connectivity index (χ3n) is 3.66. The van der Waals surface area contributed by atoms with Crippen molar-refractivity contribution in [3.63, 3.8) is 0 Å². The first kappa shape index (κ1) is 34.0. The fourth-order valence-corrected chi connectivity index (χ4v) is 2.79. The third kappa shape index (κ3) is 18.3. The normalized spacial score (nSPS) is 15.1. The molecule has 0 aromatic carbocycles. The first-order valence-electron chi connectivity index (χ1n) is 10.3. The molecule has 5 N–H and O–H groups in total. The number of amides is 2. The van der Waals surface area contributed by atoms with Gasteiger partial charge in [-0.25, -0.2) is 10.2 Å². The molecular weight excluding hydrogens is 570 g/mol. The molecule has 2 saturated carbocycles. The Morgan fingerprint density at radius 3 is 1.81 bits per heavy atom. The number of carbonyl (C=O) groups excluding carboxylic acids is 1. The first-order valence-corrected chi connectivity index (χ1v) is 11.6. The van der Waals surface area contributed by atoms with Gasteiger partial charge < -0.3 is 24.1 Å². The van der Waals surface area contributed by atoms with Crippen molar-refractivity contribution in [3.8, 4) is 0 Å². The summed E-state index contributed by atoms with van der Waals surface area (Å²) in [5, 5.41) is 13.1. The summed E-state index contributed by atoms with van der Waals surface area (Å²) in [4.78, 5) is 15.4. The first-order chi connectivity index (χ1) is 16.9.